The fraction of sp³-hybridized carbons (Fsp3) is 0.0833. The highest BCUT2D eigenvalue weighted by atomic mass is 32.2. The molecule has 0 saturated carbocycles. The summed E-state index contributed by atoms with van der Waals surface area (Å²) in [5, 5.41) is 0.725. The van der Waals surface area contributed by atoms with Gasteiger partial charge in [-0.15, -0.1) is 0 Å². The van der Waals surface area contributed by atoms with E-state index in [1.165, 1.54) is 30.1 Å². The molecule has 0 aliphatic carbocycles. The Morgan fingerprint density at radius 1 is 1.06 bits per heavy atom. The summed E-state index contributed by atoms with van der Waals surface area (Å²) in [4.78, 5) is 4.75. The largest absolute Gasteiger partial charge is 0.416 e. The Morgan fingerprint density at radius 2 is 1.76 bits per heavy atom. The first-order valence-electron chi connectivity index (χ1n) is 4.73. The number of hydrogen-bond donors (Lipinski definition) is 0. The van der Waals surface area contributed by atoms with Gasteiger partial charge < -0.3 is 0 Å². The SMILES string of the molecule is FC(F)(F)c1ccc(Sc2cc[c]cn2)cc1. The maximum atomic E-state index is 12.3. The zero-order valence-electron chi connectivity index (χ0n) is 8.53. The van der Waals surface area contributed by atoms with E-state index in [1.54, 1.807) is 12.1 Å². The van der Waals surface area contributed by atoms with E-state index < -0.39 is 11.7 Å². The summed E-state index contributed by atoms with van der Waals surface area (Å²) >= 11 is 1.31. The molecule has 0 bridgehead atoms. The molecule has 2 aromatic rings. The lowest BCUT2D eigenvalue weighted by Gasteiger charge is -2.06. The van der Waals surface area contributed by atoms with E-state index in [0.717, 1.165) is 22.1 Å². The average Bonchev–Trinajstić information content (AvgIpc) is 2.30. The summed E-state index contributed by atoms with van der Waals surface area (Å²) in [6.45, 7) is 0. The summed E-state index contributed by atoms with van der Waals surface area (Å²) < 4.78 is 37.0. The van der Waals surface area contributed by atoms with Gasteiger partial charge in [-0.05, 0) is 30.3 Å². The third-order valence-corrected chi connectivity index (χ3v) is 2.95. The van der Waals surface area contributed by atoms with Crippen molar-refractivity contribution >= 4 is 11.8 Å². The summed E-state index contributed by atoms with van der Waals surface area (Å²) in [5.74, 6) is 0. The van der Waals surface area contributed by atoms with Crippen LogP contribution >= 0.6 is 11.8 Å². The molecule has 1 nitrogen and oxygen atoms in total. The smallest absolute Gasteiger partial charge is 0.249 e. The molecule has 0 aliphatic rings. The topological polar surface area (TPSA) is 12.9 Å². The number of halogens is 3. The van der Waals surface area contributed by atoms with Crippen molar-refractivity contribution in [3.63, 3.8) is 0 Å². The molecular formula is C12H7F3NS. The van der Waals surface area contributed by atoms with Crippen LogP contribution in [0.3, 0.4) is 0 Å². The zero-order valence-corrected chi connectivity index (χ0v) is 9.35. The molecule has 2 rings (SSSR count). The average molecular weight is 254 g/mol. The summed E-state index contributed by atoms with van der Waals surface area (Å²) in [7, 11) is 0. The minimum absolute atomic E-state index is 0.642. The van der Waals surface area contributed by atoms with Gasteiger partial charge in [-0.3, -0.25) is 0 Å². The molecule has 17 heavy (non-hydrogen) atoms. The molecule has 1 aromatic heterocycles. The van der Waals surface area contributed by atoms with Crippen LogP contribution in [-0.2, 0) is 6.18 Å². The molecule has 0 N–H and O–H groups in total. The van der Waals surface area contributed by atoms with Crippen molar-refractivity contribution in [2.75, 3.05) is 0 Å². The normalized spacial score (nSPS) is 11.5. The number of alkyl halides is 3. The van der Waals surface area contributed by atoms with Crippen LogP contribution in [0, 0.1) is 6.07 Å². The third-order valence-electron chi connectivity index (χ3n) is 1.99. The highest BCUT2D eigenvalue weighted by Gasteiger charge is 2.29. The van der Waals surface area contributed by atoms with E-state index in [-0.39, 0.29) is 0 Å². The number of hydrogen-bond acceptors (Lipinski definition) is 2. The number of benzene rings is 1. The molecule has 5 heteroatoms. The highest BCUT2D eigenvalue weighted by molar-refractivity contribution is 7.99. The van der Waals surface area contributed by atoms with Crippen LogP contribution in [0.1, 0.15) is 5.56 Å². The molecular weight excluding hydrogens is 247 g/mol. The van der Waals surface area contributed by atoms with Crippen LogP contribution in [0.5, 0.6) is 0 Å². The van der Waals surface area contributed by atoms with E-state index in [1.807, 2.05) is 0 Å². The van der Waals surface area contributed by atoms with Crippen LogP contribution in [0.4, 0.5) is 13.2 Å². The van der Waals surface area contributed by atoms with E-state index in [0.29, 0.717) is 0 Å². The Labute approximate surface area is 101 Å². The van der Waals surface area contributed by atoms with E-state index >= 15 is 0 Å². The molecule has 0 unspecified atom stereocenters. The van der Waals surface area contributed by atoms with E-state index in [9.17, 15) is 13.2 Å². The van der Waals surface area contributed by atoms with Gasteiger partial charge in [-0.25, -0.2) is 4.98 Å². The second kappa shape index (κ2) is 4.79. The van der Waals surface area contributed by atoms with Crippen molar-refractivity contribution in [3.8, 4) is 0 Å². The van der Waals surface area contributed by atoms with Gasteiger partial charge in [0.15, 0.2) is 0 Å². The molecule has 0 spiro atoms. The van der Waals surface area contributed by atoms with Gasteiger partial charge >= 0.3 is 6.18 Å². The zero-order chi connectivity index (χ0) is 12.3. The van der Waals surface area contributed by atoms with Gasteiger partial charge in [0.1, 0.15) is 5.03 Å². The summed E-state index contributed by atoms with van der Waals surface area (Å²) in [6.07, 6.45) is -2.77. The molecule has 1 aromatic carbocycles. The van der Waals surface area contributed by atoms with Crippen molar-refractivity contribution in [2.45, 2.75) is 16.1 Å². The van der Waals surface area contributed by atoms with Crippen molar-refractivity contribution in [1.29, 1.82) is 0 Å². The van der Waals surface area contributed by atoms with E-state index in [4.69, 9.17) is 0 Å². The van der Waals surface area contributed by atoms with Gasteiger partial charge in [0, 0.05) is 17.2 Å². The first kappa shape index (κ1) is 12.0. The lowest BCUT2D eigenvalue weighted by molar-refractivity contribution is -0.137. The second-order valence-electron chi connectivity index (χ2n) is 3.22. The maximum absolute atomic E-state index is 12.3. The molecule has 1 heterocycles. The Kier molecular flexibility index (Phi) is 3.38. The highest BCUT2D eigenvalue weighted by Crippen LogP contribution is 2.32. The first-order chi connectivity index (χ1) is 8.05. The van der Waals surface area contributed by atoms with Crippen molar-refractivity contribution < 1.29 is 13.2 Å². The molecule has 0 fully saturated rings. The van der Waals surface area contributed by atoms with Gasteiger partial charge in [-0.1, -0.05) is 17.8 Å². The van der Waals surface area contributed by atoms with Gasteiger partial charge in [0.05, 0.1) is 5.56 Å². The number of aromatic nitrogens is 1. The fourth-order valence-corrected chi connectivity index (χ4v) is 1.95. The monoisotopic (exact) mass is 254 g/mol. The molecule has 0 atom stereocenters. The predicted octanol–water partition coefficient (Wildman–Crippen LogP) is 4.05. The first-order valence-corrected chi connectivity index (χ1v) is 5.54. The Bertz CT molecular complexity index is 479. The van der Waals surface area contributed by atoms with Crippen LogP contribution in [0.15, 0.2) is 52.5 Å². The molecule has 0 amide bonds. The van der Waals surface area contributed by atoms with Gasteiger partial charge in [0.2, 0.25) is 0 Å². The fourth-order valence-electron chi connectivity index (χ4n) is 1.20. The summed E-state index contributed by atoms with van der Waals surface area (Å²) in [6, 6.07) is 11.2. The quantitative estimate of drug-likeness (QED) is 0.801. The minimum atomic E-state index is -4.29. The van der Waals surface area contributed by atoms with Gasteiger partial charge in [-0.2, -0.15) is 13.2 Å². The second-order valence-corrected chi connectivity index (χ2v) is 4.31. The molecule has 0 aliphatic heterocycles. The lowest BCUT2D eigenvalue weighted by atomic mass is 10.2. The van der Waals surface area contributed by atoms with Crippen LogP contribution in [0.25, 0.3) is 0 Å². The Balaban J connectivity index is 2.14. The summed E-state index contributed by atoms with van der Waals surface area (Å²) in [5.41, 5.74) is -0.642. The minimum Gasteiger partial charge on any atom is -0.249 e. The van der Waals surface area contributed by atoms with Crippen LogP contribution in [0.2, 0.25) is 0 Å². The van der Waals surface area contributed by atoms with E-state index in [2.05, 4.69) is 11.1 Å². The number of pyridine rings is 1. The van der Waals surface area contributed by atoms with Crippen LogP contribution in [-0.4, -0.2) is 4.98 Å². The Morgan fingerprint density at radius 3 is 2.29 bits per heavy atom. The van der Waals surface area contributed by atoms with Crippen molar-refractivity contribution in [3.05, 3.63) is 54.2 Å². The third kappa shape index (κ3) is 3.23. The molecule has 1 radical (unpaired) electrons. The molecule has 87 valence electrons. The van der Waals surface area contributed by atoms with Crippen LogP contribution < -0.4 is 0 Å². The maximum Gasteiger partial charge on any atom is 0.416 e. The predicted molar refractivity (Wildman–Crippen MR) is 58.6 cm³/mol. The van der Waals surface area contributed by atoms with Crippen molar-refractivity contribution in [1.82, 2.24) is 4.98 Å². The van der Waals surface area contributed by atoms with Crippen molar-refractivity contribution in [2.24, 2.45) is 0 Å². The molecule has 0 saturated heterocycles. The number of nitrogens with zero attached hydrogens (tertiary/aromatic N) is 1. The lowest BCUT2D eigenvalue weighted by Crippen LogP contribution is -2.03. The van der Waals surface area contributed by atoms with Gasteiger partial charge in [0.25, 0.3) is 0 Å². The standard InChI is InChI=1S/C12H7F3NS/c13-12(14,15)9-4-6-10(7-5-9)17-11-3-1-2-8-16-11/h1,3-8H. The Hall–Kier alpha value is -1.49. The number of rotatable bonds is 2.